The van der Waals surface area contributed by atoms with Gasteiger partial charge in [-0.3, -0.25) is 9.78 Å². The molecule has 0 bridgehead atoms. The fourth-order valence-corrected chi connectivity index (χ4v) is 2.59. The van der Waals surface area contributed by atoms with Crippen LogP contribution in [0.3, 0.4) is 0 Å². The van der Waals surface area contributed by atoms with E-state index in [1.54, 1.807) is 31.5 Å². The number of benzene rings is 1. The van der Waals surface area contributed by atoms with Crippen molar-refractivity contribution in [2.45, 2.75) is 12.8 Å². The summed E-state index contributed by atoms with van der Waals surface area (Å²) in [6, 6.07) is 5.28. The van der Waals surface area contributed by atoms with Crippen molar-refractivity contribution < 1.29 is 19.0 Å². The molecule has 1 aromatic heterocycles. The molecule has 1 saturated carbocycles. The number of carbonyl (C=O) groups excluding carboxylic acids is 1. The molecular formula is C16H16ClNO4. The van der Waals surface area contributed by atoms with Crippen LogP contribution in [0.1, 0.15) is 12.8 Å². The van der Waals surface area contributed by atoms with Gasteiger partial charge in [0.05, 0.1) is 24.8 Å². The zero-order valence-electron chi connectivity index (χ0n) is 12.4. The summed E-state index contributed by atoms with van der Waals surface area (Å²) in [6.07, 6.45) is 3.19. The minimum Gasteiger partial charge on any atom is -0.493 e. The molecule has 0 aliphatic heterocycles. The van der Waals surface area contributed by atoms with Crippen LogP contribution in [0.5, 0.6) is 11.5 Å². The molecule has 0 atom stereocenters. The Morgan fingerprint density at radius 2 is 2.09 bits per heavy atom. The van der Waals surface area contributed by atoms with Crippen LogP contribution in [-0.4, -0.2) is 31.8 Å². The monoisotopic (exact) mass is 321 g/mol. The number of nitrogens with zero attached hydrogens (tertiary/aromatic N) is 1. The largest absolute Gasteiger partial charge is 0.493 e. The van der Waals surface area contributed by atoms with Gasteiger partial charge in [0.2, 0.25) is 0 Å². The molecule has 0 saturated heterocycles. The van der Waals surface area contributed by atoms with E-state index in [0.717, 1.165) is 18.2 Å². The summed E-state index contributed by atoms with van der Waals surface area (Å²) in [4.78, 5) is 16.0. The fraction of sp³-hybridized carbons (Fsp3) is 0.375. The van der Waals surface area contributed by atoms with Crippen molar-refractivity contribution in [3.63, 3.8) is 0 Å². The van der Waals surface area contributed by atoms with E-state index in [-0.39, 0.29) is 12.6 Å². The van der Waals surface area contributed by atoms with Gasteiger partial charge in [-0.1, -0.05) is 11.6 Å². The molecular weight excluding hydrogens is 306 g/mol. The number of ether oxygens (including phenoxy) is 3. The lowest BCUT2D eigenvalue weighted by Crippen LogP contribution is -2.24. The van der Waals surface area contributed by atoms with Gasteiger partial charge in [0, 0.05) is 17.6 Å². The Morgan fingerprint density at radius 1 is 1.32 bits per heavy atom. The second kappa shape index (κ2) is 5.65. The maximum Gasteiger partial charge on any atom is 0.315 e. The molecule has 1 fully saturated rings. The van der Waals surface area contributed by atoms with Crippen molar-refractivity contribution in [2.75, 3.05) is 20.8 Å². The first kappa shape index (κ1) is 14.9. The van der Waals surface area contributed by atoms with Gasteiger partial charge >= 0.3 is 5.97 Å². The molecule has 1 aliphatic carbocycles. The van der Waals surface area contributed by atoms with Crippen molar-refractivity contribution >= 4 is 28.5 Å². The van der Waals surface area contributed by atoms with E-state index in [1.807, 2.05) is 0 Å². The van der Waals surface area contributed by atoms with Crippen molar-refractivity contribution in [1.82, 2.24) is 4.98 Å². The molecule has 116 valence electrons. The topological polar surface area (TPSA) is 57.7 Å². The normalized spacial score (nSPS) is 15.4. The van der Waals surface area contributed by atoms with Gasteiger partial charge in [-0.15, -0.1) is 0 Å². The Bertz CT molecular complexity index is 727. The van der Waals surface area contributed by atoms with Gasteiger partial charge in [0.15, 0.2) is 11.5 Å². The molecule has 22 heavy (non-hydrogen) atoms. The average Bonchev–Trinajstić information content (AvgIpc) is 3.33. The van der Waals surface area contributed by atoms with Gasteiger partial charge in [0.25, 0.3) is 0 Å². The maximum absolute atomic E-state index is 11.8. The highest BCUT2D eigenvalue weighted by atomic mass is 35.5. The molecule has 2 aromatic rings. The summed E-state index contributed by atoms with van der Waals surface area (Å²) in [5, 5.41) is 1.39. The zero-order chi connectivity index (χ0) is 15.7. The SMILES string of the molecule is COC(=O)C1(COc2cc3nccc(Cl)c3cc2OC)CC1. The van der Waals surface area contributed by atoms with E-state index in [9.17, 15) is 4.79 Å². The van der Waals surface area contributed by atoms with E-state index in [0.29, 0.717) is 22.0 Å². The van der Waals surface area contributed by atoms with Gasteiger partial charge in [-0.2, -0.15) is 0 Å². The van der Waals surface area contributed by atoms with Crippen LogP contribution in [0.15, 0.2) is 24.4 Å². The lowest BCUT2D eigenvalue weighted by molar-refractivity contribution is -0.148. The van der Waals surface area contributed by atoms with Crippen LogP contribution in [0.25, 0.3) is 10.9 Å². The lowest BCUT2D eigenvalue weighted by Gasteiger charge is -2.16. The lowest BCUT2D eigenvalue weighted by atomic mass is 10.1. The number of pyridine rings is 1. The van der Waals surface area contributed by atoms with Crippen molar-refractivity contribution in [1.29, 1.82) is 0 Å². The Kier molecular flexibility index (Phi) is 3.83. The van der Waals surface area contributed by atoms with Crippen LogP contribution >= 0.6 is 11.6 Å². The molecule has 1 aliphatic rings. The molecule has 0 N–H and O–H groups in total. The highest BCUT2D eigenvalue weighted by Crippen LogP contribution is 2.47. The van der Waals surface area contributed by atoms with Gasteiger partial charge in [-0.05, 0) is 25.0 Å². The van der Waals surface area contributed by atoms with Gasteiger partial charge in [-0.25, -0.2) is 0 Å². The third kappa shape index (κ3) is 2.57. The molecule has 3 rings (SSSR count). The summed E-state index contributed by atoms with van der Waals surface area (Å²) in [7, 11) is 2.95. The first-order valence-corrected chi connectivity index (χ1v) is 7.31. The smallest absolute Gasteiger partial charge is 0.315 e. The molecule has 1 aromatic carbocycles. The van der Waals surface area contributed by atoms with E-state index < -0.39 is 5.41 Å². The summed E-state index contributed by atoms with van der Waals surface area (Å²) in [5.74, 6) is 0.872. The molecule has 6 heteroatoms. The standard InChI is InChI=1S/C16H16ClNO4/c1-20-13-7-10-11(17)3-6-18-12(10)8-14(13)22-9-16(4-5-16)15(19)21-2/h3,6-8H,4-5,9H2,1-2H3. The minimum atomic E-state index is -0.517. The molecule has 5 nitrogen and oxygen atoms in total. The van der Waals surface area contributed by atoms with E-state index in [4.69, 9.17) is 25.8 Å². The Morgan fingerprint density at radius 3 is 2.73 bits per heavy atom. The predicted octanol–water partition coefficient (Wildman–Crippen LogP) is 3.23. The van der Waals surface area contributed by atoms with Gasteiger partial charge < -0.3 is 14.2 Å². The molecule has 0 spiro atoms. The predicted molar refractivity (Wildman–Crippen MR) is 82.5 cm³/mol. The first-order valence-electron chi connectivity index (χ1n) is 6.93. The summed E-state index contributed by atoms with van der Waals surface area (Å²) in [5.41, 5.74) is 0.197. The molecule has 0 unspecified atom stereocenters. The molecule has 1 heterocycles. The second-order valence-corrected chi connectivity index (χ2v) is 5.78. The van der Waals surface area contributed by atoms with Crippen LogP contribution in [0.2, 0.25) is 5.02 Å². The minimum absolute atomic E-state index is 0.228. The Hall–Kier alpha value is -2.01. The first-order chi connectivity index (χ1) is 10.6. The Labute approximate surface area is 133 Å². The number of halogens is 1. The molecule has 0 radical (unpaired) electrons. The third-order valence-corrected chi connectivity index (χ3v) is 4.28. The number of aromatic nitrogens is 1. The zero-order valence-corrected chi connectivity index (χ0v) is 13.1. The van der Waals surface area contributed by atoms with E-state index >= 15 is 0 Å². The summed E-state index contributed by atoms with van der Waals surface area (Å²) >= 11 is 6.16. The van der Waals surface area contributed by atoms with Crippen LogP contribution in [0.4, 0.5) is 0 Å². The highest BCUT2D eigenvalue weighted by Gasteiger charge is 2.52. The number of rotatable bonds is 5. The van der Waals surface area contributed by atoms with E-state index in [2.05, 4.69) is 4.98 Å². The van der Waals surface area contributed by atoms with Crippen molar-refractivity contribution in [3.8, 4) is 11.5 Å². The quantitative estimate of drug-likeness (QED) is 0.791. The van der Waals surface area contributed by atoms with Crippen LogP contribution in [-0.2, 0) is 9.53 Å². The number of hydrogen-bond acceptors (Lipinski definition) is 5. The number of fused-ring (bicyclic) bond motifs is 1. The number of carbonyl (C=O) groups is 1. The second-order valence-electron chi connectivity index (χ2n) is 5.37. The van der Waals surface area contributed by atoms with Crippen molar-refractivity contribution in [3.05, 3.63) is 29.4 Å². The number of hydrogen-bond donors (Lipinski definition) is 0. The molecule has 0 amide bonds. The average molecular weight is 322 g/mol. The summed E-state index contributed by atoms with van der Waals surface area (Å²) < 4.78 is 16.0. The Balaban J connectivity index is 1.89. The van der Waals surface area contributed by atoms with Crippen LogP contribution < -0.4 is 9.47 Å². The summed E-state index contributed by atoms with van der Waals surface area (Å²) in [6.45, 7) is 0.266. The number of methoxy groups -OCH3 is 2. The highest BCUT2D eigenvalue weighted by molar-refractivity contribution is 6.35. The third-order valence-electron chi connectivity index (χ3n) is 3.95. The number of esters is 1. The van der Waals surface area contributed by atoms with Gasteiger partial charge in [0.1, 0.15) is 12.0 Å². The van der Waals surface area contributed by atoms with E-state index in [1.165, 1.54) is 7.11 Å². The van der Waals surface area contributed by atoms with Crippen LogP contribution in [0, 0.1) is 5.41 Å². The fourth-order valence-electron chi connectivity index (χ4n) is 2.38. The van der Waals surface area contributed by atoms with Crippen molar-refractivity contribution in [2.24, 2.45) is 5.41 Å². The maximum atomic E-state index is 11.8.